The predicted molar refractivity (Wildman–Crippen MR) is 47.3 cm³/mol. The Morgan fingerprint density at radius 2 is 2.00 bits per heavy atom. The Kier molecular flexibility index (Phi) is 4.66. The van der Waals surface area contributed by atoms with Crippen molar-refractivity contribution >= 4 is 0 Å². The fraction of sp³-hybridized carbons (Fsp3) is 1.00. The molecule has 2 N–H and O–H groups in total. The molecular formula is C9H20FN. The zero-order valence-electron chi connectivity index (χ0n) is 7.86. The average molecular weight is 161 g/mol. The van der Waals surface area contributed by atoms with E-state index in [0.29, 0.717) is 18.8 Å². The molecule has 0 bridgehead atoms. The van der Waals surface area contributed by atoms with Crippen molar-refractivity contribution in [3.05, 3.63) is 0 Å². The van der Waals surface area contributed by atoms with Gasteiger partial charge in [0, 0.05) is 6.54 Å². The maximum Gasteiger partial charge on any atom is 0.123 e. The Bertz CT molecular complexity index is 104. The maximum atomic E-state index is 13.6. The molecule has 0 saturated heterocycles. The third-order valence-electron chi connectivity index (χ3n) is 1.84. The highest BCUT2D eigenvalue weighted by Gasteiger charge is 2.27. The molecule has 0 amide bonds. The molecule has 0 aromatic rings. The number of alkyl halides is 1. The van der Waals surface area contributed by atoms with E-state index in [9.17, 15) is 4.39 Å². The molecule has 1 atom stereocenters. The summed E-state index contributed by atoms with van der Waals surface area (Å²) >= 11 is 0. The monoisotopic (exact) mass is 161 g/mol. The molecule has 11 heavy (non-hydrogen) atoms. The van der Waals surface area contributed by atoms with Crippen LogP contribution >= 0.6 is 0 Å². The normalized spacial score (nSPS) is 16.9. The smallest absolute Gasteiger partial charge is 0.123 e. The predicted octanol–water partition coefficient (Wildman–Crippen LogP) is 2.50. The first-order valence-electron chi connectivity index (χ1n) is 4.43. The Labute approximate surface area is 69.2 Å². The standard InChI is InChI=1S/C9H20FN/c1-4-5-9(10,7-11)6-8(2)3/h8H,4-7,11H2,1-3H3. The van der Waals surface area contributed by atoms with E-state index >= 15 is 0 Å². The fourth-order valence-electron chi connectivity index (χ4n) is 1.47. The molecule has 0 spiro atoms. The first-order chi connectivity index (χ1) is 5.04. The average Bonchev–Trinajstić information content (AvgIpc) is 1.87. The summed E-state index contributed by atoms with van der Waals surface area (Å²) in [5.74, 6) is 0.398. The number of rotatable bonds is 5. The summed E-state index contributed by atoms with van der Waals surface area (Å²) in [5.41, 5.74) is 4.26. The molecule has 0 aromatic heterocycles. The van der Waals surface area contributed by atoms with E-state index in [2.05, 4.69) is 0 Å². The second-order valence-electron chi connectivity index (χ2n) is 3.70. The first kappa shape index (κ1) is 10.9. The highest BCUT2D eigenvalue weighted by atomic mass is 19.1. The van der Waals surface area contributed by atoms with Gasteiger partial charge in [-0.2, -0.15) is 0 Å². The molecule has 0 fully saturated rings. The van der Waals surface area contributed by atoms with Crippen LogP contribution in [-0.4, -0.2) is 12.2 Å². The van der Waals surface area contributed by atoms with Crippen molar-refractivity contribution in [2.24, 2.45) is 11.7 Å². The lowest BCUT2D eigenvalue weighted by Crippen LogP contribution is -2.34. The topological polar surface area (TPSA) is 26.0 Å². The molecule has 0 aromatic carbocycles. The highest BCUT2D eigenvalue weighted by Crippen LogP contribution is 2.25. The minimum Gasteiger partial charge on any atom is -0.328 e. The SMILES string of the molecule is CCCC(F)(CN)CC(C)C. The molecule has 2 heteroatoms. The molecular weight excluding hydrogens is 141 g/mol. The summed E-state index contributed by atoms with van der Waals surface area (Å²) in [7, 11) is 0. The second-order valence-corrected chi connectivity index (χ2v) is 3.70. The van der Waals surface area contributed by atoms with Gasteiger partial charge in [0.1, 0.15) is 5.67 Å². The van der Waals surface area contributed by atoms with Crippen LogP contribution in [0.15, 0.2) is 0 Å². The van der Waals surface area contributed by atoms with Crippen molar-refractivity contribution in [2.75, 3.05) is 6.54 Å². The lowest BCUT2D eigenvalue weighted by atomic mass is 9.90. The number of hydrogen-bond donors (Lipinski definition) is 1. The molecule has 0 saturated carbocycles. The van der Waals surface area contributed by atoms with Crippen LogP contribution in [0.3, 0.4) is 0 Å². The van der Waals surface area contributed by atoms with E-state index in [4.69, 9.17) is 5.73 Å². The minimum absolute atomic E-state index is 0.166. The van der Waals surface area contributed by atoms with Gasteiger partial charge in [-0.1, -0.05) is 27.2 Å². The van der Waals surface area contributed by atoms with Gasteiger partial charge in [0.2, 0.25) is 0 Å². The van der Waals surface area contributed by atoms with Crippen LogP contribution in [0.5, 0.6) is 0 Å². The highest BCUT2D eigenvalue weighted by molar-refractivity contribution is 4.80. The van der Waals surface area contributed by atoms with Crippen LogP contribution in [0.1, 0.15) is 40.0 Å². The van der Waals surface area contributed by atoms with Gasteiger partial charge in [-0.25, -0.2) is 4.39 Å². The van der Waals surface area contributed by atoms with E-state index in [1.54, 1.807) is 0 Å². The molecule has 0 rings (SSSR count). The summed E-state index contributed by atoms with van der Waals surface area (Å²) in [4.78, 5) is 0. The molecule has 0 aliphatic carbocycles. The van der Waals surface area contributed by atoms with E-state index in [-0.39, 0.29) is 6.54 Å². The van der Waals surface area contributed by atoms with Gasteiger partial charge in [0.15, 0.2) is 0 Å². The van der Waals surface area contributed by atoms with Crippen LogP contribution in [0.2, 0.25) is 0 Å². The van der Waals surface area contributed by atoms with Gasteiger partial charge in [0.05, 0.1) is 0 Å². The first-order valence-corrected chi connectivity index (χ1v) is 4.43. The van der Waals surface area contributed by atoms with Gasteiger partial charge in [-0.05, 0) is 18.8 Å². The lowest BCUT2D eigenvalue weighted by Gasteiger charge is -2.24. The molecule has 1 unspecified atom stereocenters. The second kappa shape index (κ2) is 4.70. The summed E-state index contributed by atoms with van der Waals surface area (Å²) in [6.07, 6.45) is 2.07. The lowest BCUT2D eigenvalue weighted by molar-refractivity contribution is 0.127. The van der Waals surface area contributed by atoms with Crippen LogP contribution in [-0.2, 0) is 0 Å². The third kappa shape index (κ3) is 4.35. The zero-order chi connectivity index (χ0) is 8.91. The van der Waals surface area contributed by atoms with E-state index in [0.717, 1.165) is 6.42 Å². The summed E-state index contributed by atoms with van der Waals surface area (Å²) in [6.45, 7) is 6.21. The number of nitrogens with two attached hydrogens (primary N) is 1. The Morgan fingerprint density at radius 3 is 2.27 bits per heavy atom. The van der Waals surface area contributed by atoms with Crippen LogP contribution in [0.4, 0.5) is 4.39 Å². The van der Waals surface area contributed by atoms with Gasteiger partial charge >= 0.3 is 0 Å². The summed E-state index contributed by atoms with van der Waals surface area (Å²) in [5, 5.41) is 0. The Morgan fingerprint density at radius 1 is 1.45 bits per heavy atom. The number of halogens is 1. The maximum absolute atomic E-state index is 13.6. The van der Waals surface area contributed by atoms with E-state index in [1.165, 1.54) is 0 Å². The van der Waals surface area contributed by atoms with Gasteiger partial charge in [-0.15, -0.1) is 0 Å². The molecule has 68 valence electrons. The van der Waals surface area contributed by atoms with Crippen molar-refractivity contribution in [2.45, 2.75) is 45.7 Å². The third-order valence-corrected chi connectivity index (χ3v) is 1.84. The molecule has 0 aliphatic heterocycles. The van der Waals surface area contributed by atoms with Crippen molar-refractivity contribution < 1.29 is 4.39 Å². The minimum atomic E-state index is -1.11. The van der Waals surface area contributed by atoms with E-state index < -0.39 is 5.67 Å². The van der Waals surface area contributed by atoms with Crippen LogP contribution in [0.25, 0.3) is 0 Å². The van der Waals surface area contributed by atoms with Gasteiger partial charge in [-0.3, -0.25) is 0 Å². The quantitative estimate of drug-likeness (QED) is 0.658. The molecule has 0 aliphatic rings. The van der Waals surface area contributed by atoms with Crippen LogP contribution < -0.4 is 5.73 Å². The molecule has 1 nitrogen and oxygen atoms in total. The Hall–Kier alpha value is -0.110. The van der Waals surface area contributed by atoms with E-state index in [1.807, 2.05) is 20.8 Å². The molecule has 0 radical (unpaired) electrons. The Balaban J connectivity index is 3.87. The number of hydrogen-bond acceptors (Lipinski definition) is 1. The molecule has 0 heterocycles. The summed E-state index contributed by atoms with van der Waals surface area (Å²) < 4.78 is 13.6. The van der Waals surface area contributed by atoms with Crippen molar-refractivity contribution in [3.63, 3.8) is 0 Å². The largest absolute Gasteiger partial charge is 0.328 e. The van der Waals surface area contributed by atoms with Crippen LogP contribution in [0, 0.1) is 5.92 Å². The van der Waals surface area contributed by atoms with Crippen molar-refractivity contribution in [1.29, 1.82) is 0 Å². The summed E-state index contributed by atoms with van der Waals surface area (Å²) in [6, 6.07) is 0. The van der Waals surface area contributed by atoms with Crippen molar-refractivity contribution in [3.8, 4) is 0 Å². The van der Waals surface area contributed by atoms with Crippen molar-refractivity contribution in [1.82, 2.24) is 0 Å². The van der Waals surface area contributed by atoms with Gasteiger partial charge < -0.3 is 5.73 Å². The van der Waals surface area contributed by atoms with Gasteiger partial charge in [0.25, 0.3) is 0 Å². The fourth-order valence-corrected chi connectivity index (χ4v) is 1.47. The zero-order valence-corrected chi connectivity index (χ0v) is 7.86.